The number of amides is 2. The maximum atomic E-state index is 13.0. The van der Waals surface area contributed by atoms with Gasteiger partial charge < -0.3 is 19.5 Å². The Labute approximate surface area is 232 Å². The smallest absolute Gasteiger partial charge is 0.266 e. The molecule has 1 aliphatic heterocycles. The first-order valence-electron chi connectivity index (χ1n) is 10.9. The van der Waals surface area contributed by atoms with Crippen molar-refractivity contribution in [3.8, 4) is 17.2 Å². The number of carbonyl (C=O) groups excluding carboxylic acids is 2. The molecule has 3 aromatic rings. The van der Waals surface area contributed by atoms with Crippen LogP contribution in [0.3, 0.4) is 0 Å². The zero-order valence-electron chi connectivity index (χ0n) is 20.1. The second-order valence-corrected chi connectivity index (χ2v) is 10.9. The maximum absolute atomic E-state index is 13.0. The monoisotopic (exact) mass is 575 g/mol. The third kappa shape index (κ3) is 6.24. The van der Waals surface area contributed by atoms with Crippen molar-refractivity contribution in [3.63, 3.8) is 0 Å². The van der Waals surface area contributed by atoms with Crippen molar-refractivity contribution in [2.45, 2.75) is 6.42 Å². The van der Waals surface area contributed by atoms with Crippen molar-refractivity contribution in [2.75, 3.05) is 33.2 Å². The number of aromatic nitrogens is 1. The summed E-state index contributed by atoms with van der Waals surface area (Å²) < 4.78 is 16.4. The van der Waals surface area contributed by atoms with Crippen molar-refractivity contribution in [3.05, 3.63) is 68.5 Å². The molecule has 0 aliphatic carbocycles. The second-order valence-electron chi connectivity index (χ2n) is 7.67. The second kappa shape index (κ2) is 12.0. The number of ether oxygens (including phenoxy) is 3. The van der Waals surface area contributed by atoms with Crippen LogP contribution in [0.4, 0.5) is 5.13 Å². The molecule has 0 spiro atoms. The first-order valence-corrected chi connectivity index (χ1v) is 13.3. The number of thiazole rings is 1. The molecule has 37 heavy (non-hydrogen) atoms. The lowest BCUT2D eigenvalue weighted by molar-refractivity contribution is -0.126. The topological polar surface area (TPSA) is 90.0 Å². The maximum Gasteiger partial charge on any atom is 0.266 e. The van der Waals surface area contributed by atoms with Crippen LogP contribution in [0.15, 0.2) is 47.5 Å². The predicted octanol–water partition coefficient (Wildman–Crippen LogP) is 5.25. The summed E-state index contributed by atoms with van der Waals surface area (Å²) in [7, 11) is 4.55. The highest BCUT2D eigenvalue weighted by molar-refractivity contribution is 8.26. The average Bonchev–Trinajstić information content (AvgIpc) is 3.43. The number of thiocarbonyl (C=S) groups is 1. The van der Waals surface area contributed by atoms with Crippen LogP contribution in [-0.2, 0) is 16.0 Å². The van der Waals surface area contributed by atoms with Gasteiger partial charge in [0.2, 0.25) is 11.7 Å². The number of hydrogen-bond acceptors (Lipinski definition) is 9. The van der Waals surface area contributed by atoms with E-state index >= 15 is 0 Å². The van der Waals surface area contributed by atoms with Gasteiger partial charge >= 0.3 is 0 Å². The Morgan fingerprint density at radius 2 is 1.86 bits per heavy atom. The molecule has 4 rings (SSSR count). The molecule has 2 amide bonds. The van der Waals surface area contributed by atoms with E-state index in [1.54, 1.807) is 24.4 Å². The highest BCUT2D eigenvalue weighted by Crippen LogP contribution is 2.40. The average molecular weight is 576 g/mol. The Balaban J connectivity index is 1.42. The molecule has 1 saturated heterocycles. The number of halogens is 1. The summed E-state index contributed by atoms with van der Waals surface area (Å²) in [6.07, 6.45) is 3.97. The third-order valence-electron chi connectivity index (χ3n) is 5.28. The molecular formula is C25H22ClN3O5S3. The molecule has 0 saturated carbocycles. The Kier molecular flexibility index (Phi) is 8.70. The number of carbonyl (C=O) groups is 2. The van der Waals surface area contributed by atoms with Gasteiger partial charge in [0.1, 0.15) is 10.9 Å². The van der Waals surface area contributed by atoms with E-state index in [1.807, 2.05) is 24.3 Å². The van der Waals surface area contributed by atoms with E-state index in [0.717, 1.165) is 22.2 Å². The number of anilines is 1. The largest absolute Gasteiger partial charge is 0.493 e. The molecular weight excluding hydrogens is 554 g/mol. The van der Waals surface area contributed by atoms with Crippen molar-refractivity contribution in [2.24, 2.45) is 0 Å². The summed E-state index contributed by atoms with van der Waals surface area (Å²) >= 11 is 14.1. The molecule has 0 bridgehead atoms. The molecule has 2 heterocycles. The minimum atomic E-state index is -0.399. The highest BCUT2D eigenvalue weighted by Gasteiger charge is 2.33. The fraction of sp³-hybridized carbons (Fsp3) is 0.200. The molecule has 2 aromatic carbocycles. The van der Waals surface area contributed by atoms with Crippen LogP contribution < -0.4 is 19.5 Å². The van der Waals surface area contributed by atoms with E-state index in [4.69, 9.17) is 38.0 Å². The molecule has 192 valence electrons. The molecule has 0 atom stereocenters. The summed E-state index contributed by atoms with van der Waals surface area (Å²) in [5.41, 5.74) is 1.63. The van der Waals surface area contributed by atoms with Gasteiger partial charge in [0.15, 0.2) is 16.6 Å². The number of nitrogens with one attached hydrogen (secondary N) is 1. The Morgan fingerprint density at radius 3 is 2.51 bits per heavy atom. The Hall–Kier alpha value is -3.12. The predicted molar refractivity (Wildman–Crippen MR) is 151 cm³/mol. The molecule has 1 fully saturated rings. The van der Waals surface area contributed by atoms with Crippen LogP contribution in [0.25, 0.3) is 6.08 Å². The molecule has 1 aliphatic rings. The van der Waals surface area contributed by atoms with Gasteiger partial charge in [0.25, 0.3) is 5.91 Å². The van der Waals surface area contributed by atoms with Gasteiger partial charge in [-0.1, -0.05) is 53.8 Å². The first-order chi connectivity index (χ1) is 17.8. The summed E-state index contributed by atoms with van der Waals surface area (Å²) in [4.78, 5) is 32.6. The van der Waals surface area contributed by atoms with Crippen molar-refractivity contribution in [1.82, 2.24) is 9.88 Å². The normalized spacial score (nSPS) is 14.3. The molecule has 1 N–H and O–H groups in total. The van der Waals surface area contributed by atoms with Crippen LogP contribution in [0.1, 0.15) is 16.0 Å². The summed E-state index contributed by atoms with van der Waals surface area (Å²) in [5.74, 6) is 0.602. The van der Waals surface area contributed by atoms with Gasteiger partial charge in [-0.2, -0.15) is 0 Å². The number of benzene rings is 2. The van der Waals surface area contributed by atoms with Crippen molar-refractivity contribution < 1.29 is 23.8 Å². The van der Waals surface area contributed by atoms with Crippen LogP contribution in [0, 0.1) is 0 Å². The number of thioether (sulfide) groups is 1. The summed E-state index contributed by atoms with van der Waals surface area (Å²) in [6, 6.07) is 11.0. The number of methoxy groups -OCH3 is 3. The minimum Gasteiger partial charge on any atom is -0.493 e. The lowest BCUT2D eigenvalue weighted by atomic mass is 10.1. The van der Waals surface area contributed by atoms with E-state index in [9.17, 15) is 9.59 Å². The summed E-state index contributed by atoms with van der Waals surface area (Å²) in [5, 5.41) is 3.86. The van der Waals surface area contributed by atoms with Crippen LogP contribution >= 0.6 is 46.9 Å². The van der Waals surface area contributed by atoms with Crippen molar-refractivity contribution >= 4 is 74.3 Å². The molecule has 8 nitrogen and oxygen atoms in total. The standard InChI is InChI=1S/C25H22ClN3O5S3/c1-32-18-8-14(9-19(33-2)22(18)34-3)10-20-23(31)29(25(35)37-20)13-21(30)28-24-27-12-16(36-24)11-15-6-4-5-7-17(15)26/h4-10,12H,11,13H2,1-3H3,(H,27,28,30)/b20-10-. The zero-order chi connectivity index (χ0) is 26.5. The summed E-state index contributed by atoms with van der Waals surface area (Å²) in [6.45, 7) is -0.226. The molecule has 1 aromatic heterocycles. The molecule has 12 heteroatoms. The molecule has 0 unspecified atom stereocenters. The SMILES string of the molecule is COc1cc(/C=C2\SC(=S)N(CC(=O)Nc3ncc(Cc4ccccc4Cl)s3)C2=O)cc(OC)c1OC. The third-order valence-corrected chi connectivity index (χ3v) is 7.94. The van der Waals surface area contributed by atoms with Gasteiger partial charge in [-0.3, -0.25) is 14.5 Å². The van der Waals surface area contributed by atoms with Crippen molar-refractivity contribution in [1.29, 1.82) is 0 Å². The van der Waals surface area contributed by atoms with Crippen LogP contribution in [-0.4, -0.2) is 53.9 Å². The van der Waals surface area contributed by atoms with Gasteiger partial charge in [0.05, 0.1) is 26.2 Å². The fourth-order valence-corrected chi connectivity index (χ4v) is 5.86. The first kappa shape index (κ1) is 26.9. The van der Waals surface area contributed by atoms with Crippen LogP contribution in [0.5, 0.6) is 17.2 Å². The van der Waals surface area contributed by atoms with Gasteiger partial charge in [0, 0.05) is 22.5 Å². The highest BCUT2D eigenvalue weighted by atomic mass is 35.5. The van der Waals surface area contributed by atoms with E-state index in [0.29, 0.717) is 44.3 Å². The van der Waals surface area contributed by atoms with Gasteiger partial charge in [-0.15, -0.1) is 11.3 Å². The zero-order valence-corrected chi connectivity index (χ0v) is 23.3. The number of rotatable bonds is 9. The van der Waals surface area contributed by atoms with E-state index in [2.05, 4.69) is 10.3 Å². The Bertz CT molecular complexity index is 1370. The quantitative estimate of drug-likeness (QED) is 0.273. The lowest BCUT2D eigenvalue weighted by Gasteiger charge is -2.13. The number of nitrogens with zero attached hydrogens (tertiary/aromatic N) is 2. The van der Waals surface area contributed by atoms with E-state index in [-0.39, 0.29) is 16.8 Å². The van der Waals surface area contributed by atoms with Gasteiger partial charge in [-0.25, -0.2) is 4.98 Å². The fourth-order valence-electron chi connectivity index (χ4n) is 3.55. The molecule has 0 radical (unpaired) electrons. The minimum absolute atomic E-state index is 0.226. The van der Waals surface area contributed by atoms with Crippen LogP contribution in [0.2, 0.25) is 5.02 Å². The van der Waals surface area contributed by atoms with Gasteiger partial charge in [-0.05, 0) is 35.4 Å². The van der Waals surface area contributed by atoms with E-state index in [1.165, 1.54) is 37.6 Å². The Morgan fingerprint density at radius 1 is 1.16 bits per heavy atom. The lowest BCUT2D eigenvalue weighted by Crippen LogP contribution is -2.36. The number of hydrogen-bond donors (Lipinski definition) is 1. The van der Waals surface area contributed by atoms with E-state index < -0.39 is 5.91 Å².